The predicted octanol–water partition coefficient (Wildman–Crippen LogP) is -3.71. The van der Waals surface area contributed by atoms with E-state index in [1.807, 2.05) is 13.8 Å². The van der Waals surface area contributed by atoms with Crippen LogP contribution in [0.5, 0.6) is 0 Å². The molecule has 10 nitrogen and oxygen atoms in total. The Hall–Kier alpha value is -0.400. The van der Waals surface area contributed by atoms with Crippen molar-refractivity contribution in [1.29, 1.82) is 0 Å². The number of aliphatic hydroxyl groups excluding tert-OH is 8. The molecule has 1 aliphatic rings. The highest BCUT2D eigenvalue weighted by Gasteiger charge is 2.46. The zero-order valence-corrected chi connectivity index (χ0v) is 14.3. The molecule has 0 saturated carbocycles. The second kappa shape index (κ2) is 10.1. The molecule has 0 aromatic carbocycles. The molecule has 1 saturated heterocycles. The van der Waals surface area contributed by atoms with Gasteiger partial charge in [0.25, 0.3) is 0 Å². The lowest BCUT2D eigenvalue weighted by Gasteiger charge is -2.42. The van der Waals surface area contributed by atoms with E-state index >= 15 is 0 Å². The molecule has 0 aromatic heterocycles. The van der Waals surface area contributed by atoms with Crippen molar-refractivity contribution in [2.24, 2.45) is 5.92 Å². The van der Waals surface area contributed by atoms with E-state index in [1.54, 1.807) is 0 Å². The smallest absolute Gasteiger partial charge is 0.187 e. The quantitative estimate of drug-likeness (QED) is 0.201. The summed E-state index contributed by atoms with van der Waals surface area (Å²) in [5.74, 6) is 0.0313. The van der Waals surface area contributed by atoms with Crippen molar-refractivity contribution >= 4 is 0 Å². The fourth-order valence-corrected chi connectivity index (χ4v) is 2.68. The van der Waals surface area contributed by atoms with Crippen LogP contribution < -0.4 is 0 Å². The Balaban J connectivity index is 2.90. The first-order valence-corrected chi connectivity index (χ1v) is 8.25. The molecule has 150 valence electrons. The van der Waals surface area contributed by atoms with Gasteiger partial charge in [0, 0.05) is 0 Å². The van der Waals surface area contributed by atoms with Crippen LogP contribution in [0.15, 0.2) is 0 Å². The Kier molecular flexibility index (Phi) is 9.12. The summed E-state index contributed by atoms with van der Waals surface area (Å²) in [5.41, 5.74) is 0. The van der Waals surface area contributed by atoms with Crippen LogP contribution in [0, 0.1) is 5.92 Å². The lowest BCUT2D eigenvalue weighted by molar-refractivity contribution is -0.327. The molecule has 0 aliphatic carbocycles. The normalized spacial score (nSPS) is 35.4. The van der Waals surface area contributed by atoms with Crippen LogP contribution in [0.3, 0.4) is 0 Å². The highest BCUT2D eigenvalue weighted by Crippen LogP contribution is 2.25. The van der Waals surface area contributed by atoms with Gasteiger partial charge in [-0.3, -0.25) is 0 Å². The molecule has 0 aromatic rings. The summed E-state index contributed by atoms with van der Waals surface area (Å²) in [7, 11) is 0. The van der Waals surface area contributed by atoms with E-state index in [1.165, 1.54) is 0 Å². The van der Waals surface area contributed by atoms with Gasteiger partial charge in [-0.1, -0.05) is 13.8 Å². The van der Waals surface area contributed by atoms with Gasteiger partial charge in [-0.2, -0.15) is 0 Å². The van der Waals surface area contributed by atoms with Gasteiger partial charge in [-0.25, -0.2) is 0 Å². The Morgan fingerprint density at radius 2 is 1.52 bits per heavy atom. The fourth-order valence-electron chi connectivity index (χ4n) is 2.68. The second-order valence-electron chi connectivity index (χ2n) is 6.74. The van der Waals surface area contributed by atoms with E-state index in [0.717, 1.165) is 0 Å². The minimum absolute atomic E-state index is 0.0313. The van der Waals surface area contributed by atoms with E-state index < -0.39 is 68.3 Å². The Labute approximate surface area is 145 Å². The van der Waals surface area contributed by atoms with Crippen LogP contribution in [0.25, 0.3) is 0 Å². The highest BCUT2D eigenvalue weighted by molar-refractivity contribution is 4.91. The highest BCUT2D eigenvalue weighted by atomic mass is 16.7. The molecule has 0 bridgehead atoms. The molecule has 9 atom stereocenters. The van der Waals surface area contributed by atoms with Crippen LogP contribution in [0.1, 0.15) is 20.3 Å². The van der Waals surface area contributed by atoms with Gasteiger partial charge in [0.05, 0.1) is 19.3 Å². The summed E-state index contributed by atoms with van der Waals surface area (Å²) >= 11 is 0. The summed E-state index contributed by atoms with van der Waals surface area (Å²) in [4.78, 5) is 0. The first kappa shape index (κ1) is 22.6. The van der Waals surface area contributed by atoms with Crippen molar-refractivity contribution in [2.75, 3.05) is 13.2 Å². The average molecular weight is 370 g/mol. The van der Waals surface area contributed by atoms with Crippen LogP contribution in [-0.4, -0.2) is 109 Å². The van der Waals surface area contributed by atoms with Crippen LogP contribution >= 0.6 is 0 Å². The minimum Gasteiger partial charge on any atom is -0.394 e. The third kappa shape index (κ3) is 5.79. The Bertz CT molecular complexity index is 379. The first-order chi connectivity index (χ1) is 11.6. The average Bonchev–Trinajstić information content (AvgIpc) is 2.57. The van der Waals surface area contributed by atoms with Crippen molar-refractivity contribution in [3.63, 3.8) is 0 Å². The third-order valence-corrected chi connectivity index (χ3v) is 4.15. The first-order valence-electron chi connectivity index (χ1n) is 8.25. The second-order valence-corrected chi connectivity index (χ2v) is 6.74. The molecule has 1 aliphatic heterocycles. The van der Waals surface area contributed by atoms with Crippen molar-refractivity contribution in [2.45, 2.75) is 75.4 Å². The summed E-state index contributed by atoms with van der Waals surface area (Å²) in [6, 6.07) is 0. The molecule has 0 amide bonds. The number of ether oxygens (including phenoxy) is 2. The molecule has 1 fully saturated rings. The summed E-state index contributed by atoms with van der Waals surface area (Å²) in [6.45, 7) is 2.15. The molecule has 0 spiro atoms. The standard InChI is InChI=1S/C15H30O10/c1-6(2)3-7(18)10(20)14(8(19)4-16)25-15-13(23)12(22)11(21)9(5-17)24-15/h6-23H,3-5H2,1-2H3/t7?,8?,9?,10-,11+,12+,13?,14-,15+/m1/s1. The Morgan fingerprint density at radius 1 is 0.920 bits per heavy atom. The fraction of sp³-hybridized carbons (Fsp3) is 1.00. The van der Waals surface area contributed by atoms with Gasteiger partial charge in [-0.15, -0.1) is 0 Å². The van der Waals surface area contributed by atoms with Crippen LogP contribution in [-0.2, 0) is 9.47 Å². The van der Waals surface area contributed by atoms with Crippen LogP contribution in [0.2, 0.25) is 0 Å². The number of aliphatic hydroxyl groups is 8. The van der Waals surface area contributed by atoms with E-state index in [-0.39, 0.29) is 12.3 Å². The van der Waals surface area contributed by atoms with Crippen molar-refractivity contribution in [1.82, 2.24) is 0 Å². The monoisotopic (exact) mass is 370 g/mol. The zero-order valence-electron chi connectivity index (χ0n) is 14.3. The maximum Gasteiger partial charge on any atom is 0.187 e. The van der Waals surface area contributed by atoms with Crippen molar-refractivity contribution < 1.29 is 50.3 Å². The summed E-state index contributed by atoms with van der Waals surface area (Å²) in [5, 5.41) is 77.9. The van der Waals surface area contributed by atoms with E-state index in [9.17, 15) is 30.6 Å². The summed E-state index contributed by atoms with van der Waals surface area (Å²) < 4.78 is 10.4. The topological polar surface area (TPSA) is 180 Å². The largest absolute Gasteiger partial charge is 0.394 e. The maximum absolute atomic E-state index is 10.2. The van der Waals surface area contributed by atoms with Gasteiger partial charge in [0.1, 0.15) is 42.7 Å². The molecule has 25 heavy (non-hydrogen) atoms. The molecule has 4 unspecified atom stereocenters. The molecular weight excluding hydrogens is 340 g/mol. The van der Waals surface area contributed by atoms with Gasteiger partial charge in [0.2, 0.25) is 0 Å². The molecule has 1 rings (SSSR count). The van der Waals surface area contributed by atoms with Gasteiger partial charge >= 0.3 is 0 Å². The maximum atomic E-state index is 10.2. The summed E-state index contributed by atoms with van der Waals surface area (Å²) in [6.07, 6.45) is -13.7. The number of hydrogen-bond acceptors (Lipinski definition) is 10. The minimum atomic E-state index is -1.74. The van der Waals surface area contributed by atoms with Gasteiger partial charge < -0.3 is 50.3 Å². The molecule has 0 radical (unpaired) electrons. The number of hydrogen-bond donors (Lipinski definition) is 8. The van der Waals surface area contributed by atoms with Crippen molar-refractivity contribution in [3.8, 4) is 0 Å². The third-order valence-electron chi connectivity index (χ3n) is 4.15. The number of rotatable bonds is 9. The molecular formula is C15H30O10. The van der Waals surface area contributed by atoms with Crippen molar-refractivity contribution in [3.05, 3.63) is 0 Å². The molecule has 10 heteroatoms. The van der Waals surface area contributed by atoms with Gasteiger partial charge in [0.15, 0.2) is 6.29 Å². The lowest BCUT2D eigenvalue weighted by Crippen LogP contribution is -2.61. The Morgan fingerprint density at radius 3 is 2.00 bits per heavy atom. The predicted molar refractivity (Wildman–Crippen MR) is 83.2 cm³/mol. The molecule has 1 heterocycles. The zero-order chi connectivity index (χ0) is 19.3. The van der Waals surface area contributed by atoms with E-state index in [4.69, 9.17) is 19.7 Å². The lowest BCUT2D eigenvalue weighted by atomic mass is 9.95. The molecule has 8 N–H and O–H groups in total. The van der Waals surface area contributed by atoms with Crippen LogP contribution in [0.4, 0.5) is 0 Å². The van der Waals surface area contributed by atoms with E-state index in [2.05, 4.69) is 0 Å². The SMILES string of the molecule is CC(C)CC(O)[C@@H](O)[C@H](O[C@@H]1OC(CO)[C@H](O)[C@H](O)C1O)C(O)CO. The van der Waals surface area contributed by atoms with Gasteiger partial charge in [-0.05, 0) is 12.3 Å². The van der Waals surface area contributed by atoms with E-state index in [0.29, 0.717) is 0 Å².